The Morgan fingerprint density at radius 2 is 1.90 bits per heavy atom. The second-order valence-electron chi connectivity index (χ2n) is 6.01. The van der Waals surface area contributed by atoms with Gasteiger partial charge in [0.2, 0.25) is 10.0 Å². The number of halogens is 1. The lowest BCUT2D eigenvalue weighted by atomic mass is 10.1. The smallest absolute Gasteiger partial charge is 0.338 e. The van der Waals surface area contributed by atoms with Crippen molar-refractivity contribution in [2.24, 2.45) is 5.14 Å². The van der Waals surface area contributed by atoms with Crippen LogP contribution in [0.15, 0.2) is 35.2 Å². The minimum Gasteiger partial charge on any atom is -0.452 e. The Labute approximate surface area is 170 Å². The maximum absolute atomic E-state index is 12.2. The number of benzene rings is 2. The number of primary sulfonamides is 1. The molecular weight excluding hydrogens is 426 g/mol. The van der Waals surface area contributed by atoms with E-state index in [4.69, 9.17) is 21.5 Å². The zero-order valence-corrected chi connectivity index (χ0v) is 16.8. The quantitative estimate of drug-likeness (QED) is 0.395. The van der Waals surface area contributed by atoms with Gasteiger partial charge in [0.1, 0.15) is 0 Å². The van der Waals surface area contributed by atoms with Gasteiger partial charge in [0.15, 0.2) is 6.61 Å². The molecule has 0 saturated heterocycles. The molecule has 0 unspecified atom stereocenters. The number of aryl methyl sites for hydroxylation is 1. The first-order valence-corrected chi connectivity index (χ1v) is 9.87. The van der Waals surface area contributed by atoms with Crippen molar-refractivity contribution in [3.63, 3.8) is 0 Å². The molecule has 29 heavy (non-hydrogen) atoms. The van der Waals surface area contributed by atoms with E-state index in [0.717, 1.165) is 12.1 Å². The number of rotatable bonds is 6. The maximum Gasteiger partial charge on any atom is 0.338 e. The fourth-order valence-electron chi connectivity index (χ4n) is 2.36. The Kier molecular flexibility index (Phi) is 6.57. The number of ether oxygens (including phenoxy) is 1. The number of nitro groups is 1. The van der Waals surface area contributed by atoms with Gasteiger partial charge < -0.3 is 10.1 Å². The van der Waals surface area contributed by atoms with Crippen LogP contribution in [0.1, 0.15) is 21.5 Å². The molecule has 0 aliphatic heterocycles. The number of nitro benzene ring substituents is 1. The number of amides is 1. The van der Waals surface area contributed by atoms with Crippen LogP contribution < -0.4 is 10.5 Å². The molecule has 0 aromatic heterocycles. The van der Waals surface area contributed by atoms with Gasteiger partial charge in [-0.3, -0.25) is 14.9 Å². The summed E-state index contributed by atoms with van der Waals surface area (Å²) in [7, 11) is -4.06. The number of carbonyl (C=O) groups excluding carboxylic acids is 2. The van der Waals surface area contributed by atoms with E-state index >= 15 is 0 Å². The molecule has 0 aliphatic carbocycles. The van der Waals surface area contributed by atoms with E-state index in [1.54, 1.807) is 13.8 Å². The summed E-state index contributed by atoms with van der Waals surface area (Å²) in [5.41, 5.74) is 0.480. The number of nitrogens with one attached hydrogen (secondary N) is 1. The third kappa shape index (κ3) is 5.50. The van der Waals surface area contributed by atoms with Crippen molar-refractivity contribution in [2.75, 3.05) is 11.9 Å². The van der Waals surface area contributed by atoms with Crippen LogP contribution in [-0.2, 0) is 19.6 Å². The minimum absolute atomic E-state index is 0.0235. The zero-order valence-electron chi connectivity index (χ0n) is 15.3. The van der Waals surface area contributed by atoms with Crippen LogP contribution in [0.5, 0.6) is 0 Å². The fourth-order valence-corrected chi connectivity index (χ4v) is 3.41. The van der Waals surface area contributed by atoms with E-state index in [-0.39, 0.29) is 26.9 Å². The highest BCUT2D eigenvalue weighted by Crippen LogP contribution is 2.26. The number of nitrogens with two attached hydrogens (primary N) is 1. The number of anilines is 1. The van der Waals surface area contributed by atoms with E-state index < -0.39 is 33.4 Å². The average Bonchev–Trinajstić information content (AvgIpc) is 2.62. The molecule has 0 saturated carbocycles. The van der Waals surface area contributed by atoms with Gasteiger partial charge in [0.05, 0.1) is 26.1 Å². The first-order valence-electron chi connectivity index (χ1n) is 7.95. The molecule has 0 bridgehead atoms. The summed E-state index contributed by atoms with van der Waals surface area (Å²) in [5.74, 6) is -1.74. The predicted molar refractivity (Wildman–Crippen MR) is 104 cm³/mol. The van der Waals surface area contributed by atoms with Crippen LogP contribution in [0.4, 0.5) is 11.4 Å². The SMILES string of the molecule is Cc1cc(C(=O)OCC(=O)Nc2cc([N+](=O)[O-])ccc2Cl)cc(S(N)(=O)=O)c1C. The standard InChI is InChI=1S/C17H16ClN3O7S/c1-9-5-11(6-15(10(9)2)29(19,26)27)17(23)28-8-16(22)20-14-7-12(21(24)25)3-4-13(14)18/h3-7H,8H2,1-2H3,(H,20,22)(H2,19,26,27). The van der Waals surface area contributed by atoms with Gasteiger partial charge in [-0.05, 0) is 43.2 Å². The first-order chi connectivity index (χ1) is 13.4. The van der Waals surface area contributed by atoms with Crippen LogP contribution in [0.3, 0.4) is 0 Å². The maximum atomic E-state index is 12.2. The number of hydrogen-bond donors (Lipinski definition) is 2. The van der Waals surface area contributed by atoms with Crippen molar-refractivity contribution >= 4 is 44.9 Å². The minimum atomic E-state index is -4.06. The van der Waals surface area contributed by atoms with Crippen LogP contribution in [0.25, 0.3) is 0 Å². The monoisotopic (exact) mass is 441 g/mol. The van der Waals surface area contributed by atoms with Gasteiger partial charge in [-0.1, -0.05) is 11.6 Å². The lowest BCUT2D eigenvalue weighted by molar-refractivity contribution is -0.384. The van der Waals surface area contributed by atoms with E-state index in [9.17, 15) is 28.1 Å². The molecule has 2 aromatic carbocycles. The summed E-state index contributed by atoms with van der Waals surface area (Å²) in [4.78, 5) is 34.1. The topological polar surface area (TPSA) is 159 Å². The molecule has 0 atom stereocenters. The number of esters is 1. The molecule has 2 rings (SSSR count). The number of non-ortho nitro benzene ring substituents is 1. The molecule has 3 N–H and O–H groups in total. The molecular formula is C17H16ClN3O7S. The van der Waals surface area contributed by atoms with Crippen LogP contribution in [0.2, 0.25) is 5.02 Å². The van der Waals surface area contributed by atoms with Crippen LogP contribution in [-0.4, -0.2) is 31.8 Å². The third-order valence-electron chi connectivity index (χ3n) is 3.93. The van der Waals surface area contributed by atoms with Crippen molar-refractivity contribution in [2.45, 2.75) is 18.7 Å². The van der Waals surface area contributed by atoms with Crippen molar-refractivity contribution in [3.05, 3.63) is 62.2 Å². The molecule has 0 spiro atoms. The van der Waals surface area contributed by atoms with Gasteiger partial charge >= 0.3 is 5.97 Å². The summed E-state index contributed by atoms with van der Waals surface area (Å²) in [6.45, 7) is 2.41. The highest BCUT2D eigenvalue weighted by Gasteiger charge is 2.19. The molecule has 2 aromatic rings. The Morgan fingerprint density at radius 1 is 1.24 bits per heavy atom. The Hall–Kier alpha value is -3.02. The van der Waals surface area contributed by atoms with E-state index in [2.05, 4.69) is 5.32 Å². The van der Waals surface area contributed by atoms with Crippen LogP contribution in [0, 0.1) is 24.0 Å². The fraction of sp³-hybridized carbons (Fsp3) is 0.176. The largest absolute Gasteiger partial charge is 0.452 e. The molecule has 0 aliphatic rings. The highest BCUT2D eigenvalue weighted by atomic mass is 35.5. The van der Waals surface area contributed by atoms with E-state index in [1.807, 2.05) is 0 Å². The summed E-state index contributed by atoms with van der Waals surface area (Å²) in [6.07, 6.45) is 0. The lowest BCUT2D eigenvalue weighted by Crippen LogP contribution is -2.22. The number of sulfonamides is 1. The van der Waals surface area contributed by atoms with Crippen molar-refractivity contribution in [3.8, 4) is 0 Å². The summed E-state index contributed by atoms with van der Waals surface area (Å²) < 4.78 is 28.2. The van der Waals surface area contributed by atoms with Gasteiger partial charge in [-0.2, -0.15) is 0 Å². The highest BCUT2D eigenvalue weighted by molar-refractivity contribution is 7.89. The molecule has 0 fully saturated rings. The zero-order chi connectivity index (χ0) is 21.9. The molecule has 12 heteroatoms. The normalized spacial score (nSPS) is 11.0. The van der Waals surface area contributed by atoms with Gasteiger partial charge in [0.25, 0.3) is 11.6 Å². The average molecular weight is 442 g/mol. The predicted octanol–water partition coefficient (Wildman–Crippen LogP) is 2.31. The Bertz CT molecular complexity index is 1120. The Balaban J connectivity index is 2.12. The Morgan fingerprint density at radius 3 is 2.48 bits per heavy atom. The molecule has 10 nitrogen and oxygen atoms in total. The van der Waals surface area contributed by atoms with Crippen molar-refractivity contribution in [1.82, 2.24) is 0 Å². The molecule has 0 radical (unpaired) electrons. The lowest BCUT2D eigenvalue weighted by Gasteiger charge is -2.11. The van der Waals surface area contributed by atoms with Crippen LogP contribution >= 0.6 is 11.6 Å². The van der Waals surface area contributed by atoms with Crippen molar-refractivity contribution < 1.29 is 27.7 Å². The van der Waals surface area contributed by atoms with Gasteiger partial charge in [-0.25, -0.2) is 18.4 Å². The molecule has 154 valence electrons. The summed E-state index contributed by atoms with van der Waals surface area (Å²) >= 11 is 5.88. The second-order valence-corrected chi connectivity index (χ2v) is 7.94. The second kappa shape index (κ2) is 8.55. The number of nitrogens with zero attached hydrogens (tertiary/aromatic N) is 1. The number of hydrogen-bond acceptors (Lipinski definition) is 7. The summed E-state index contributed by atoms with van der Waals surface area (Å²) in [5, 5.41) is 18.3. The van der Waals surface area contributed by atoms with E-state index in [0.29, 0.717) is 11.1 Å². The van der Waals surface area contributed by atoms with Gasteiger partial charge in [-0.15, -0.1) is 0 Å². The first kappa shape index (κ1) is 22.3. The molecule has 0 heterocycles. The summed E-state index contributed by atoms with van der Waals surface area (Å²) in [6, 6.07) is 5.94. The number of carbonyl (C=O) groups is 2. The van der Waals surface area contributed by atoms with E-state index in [1.165, 1.54) is 18.2 Å². The third-order valence-corrected chi connectivity index (χ3v) is 5.30. The van der Waals surface area contributed by atoms with Crippen molar-refractivity contribution in [1.29, 1.82) is 0 Å². The van der Waals surface area contributed by atoms with Gasteiger partial charge in [0, 0.05) is 12.1 Å². The molecule has 1 amide bonds.